The van der Waals surface area contributed by atoms with E-state index in [1.165, 1.54) is 0 Å². The van der Waals surface area contributed by atoms with E-state index in [1.54, 1.807) is 24.1 Å². The van der Waals surface area contributed by atoms with Crippen LogP contribution in [0.15, 0.2) is 18.2 Å². The monoisotopic (exact) mass is 344 g/mol. The van der Waals surface area contributed by atoms with E-state index in [4.69, 9.17) is 23.2 Å². The second-order valence-corrected chi connectivity index (χ2v) is 5.87. The maximum Gasteiger partial charge on any atom is 0.242 e. The fraction of sp³-hybridized carbons (Fsp3) is 0.500. The standard InChI is InChI=1S/C16H22Cl2N2O2/c1-4-6-15(21)20(14(5-2)16(22)19-3)10-11-7-8-12(17)13(18)9-11/h7-9,14H,4-6,10H2,1-3H3,(H,19,22). The van der Waals surface area contributed by atoms with E-state index in [0.717, 1.165) is 12.0 Å². The molecule has 1 rings (SSSR count). The molecule has 0 heterocycles. The first-order valence-corrected chi connectivity index (χ1v) is 8.15. The second kappa shape index (κ2) is 9.01. The van der Waals surface area contributed by atoms with E-state index >= 15 is 0 Å². The van der Waals surface area contributed by atoms with Gasteiger partial charge in [0.1, 0.15) is 6.04 Å². The number of nitrogens with zero attached hydrogens (tertiary/aromatic N) is 1. The van der Waals surface area contributed by atoms with Gasteiger partial charge in [-0.3, -0.25) is 9.59 Å². The summed E-state index contributed by atoms with van der Waals surface area (Å²) in [6.07, 6.45) is 1.70. The SMILES string of the molecule is CCCC(=O)N(Cc1ccc(Cl)c(Cl)c1)C(CC)C(=O)NC. The summed E-state index contributed by atoms with van der Waals surface area (Å²) in [6.45, 7) is 4.17. The number of likely N-dealkylation sites (N-methyl/N-ethyl adjacent to an activating group) is 1. The molecule has 0 spiro atoms. The van der Waals surface area contributed by atoms with Gasteiger partial charge in [0.05, 0.1) is 10.0 Å². The summed E-state index contributed by atoms with van der Waals surface area (Å²) < 4.78 is 0. The number of hydrogen-bond donors (Lipinski definition) is 1. The Morgan fingerprint density at radius 3 is 2.41 bits per heavy atom. The van der Waals surface area contributed by atoms with Crippen molar-refractivity contribution in [2.75, 3.05) is 7.05 Å². The molecule has 1 unspecified atom stereocenters. The predicted molar refractivity (Wildman–Crippen MR) is 90.1 cm³/mol. The lowest BCUT2D eigenvalue weighted by Crippen LogP contribution is -2.48. The van der Waals surface area contributed by atoms with Crippen molar-refractivity contribution >= 4 is 35.0 Å². The predicted octanol–water partition coefficient (Wildman–Crippen LogP) is 3.65. The lowest BCUT2D eigenvalue weighted by Gasteiger charge is -2.30. The molecule has 1 N–H and O–H groups in total. The first kappa shape index (κ1) is 18.8. The van der Waals surface area contributed by atoms with Crippen molar-refractivity contribution in [2.24, 2.45) is 0 Å². The van der Waals surface area contributed by atoms with Gasteiger partial charge in [-0.1, -0.05) is 43.1 Å². The zero-order valence-corrected chi connectivity index (χ0v) is 14.7. The van der Waals surface area contributed by atoms with Crippen molar-refractivity contribution in [1.82, 2.24) is 10.2 Å². The first-order valence-electron chi connectivity index (χ1n) is 7.39. The van der Waals surface area contributed by atoms with E-state index in [-0.39, 0.29) is 11.8 Å². The second-order valence-electron chi connectivity index (χ2n) is 5.06. The Labute approximate surface area is 141 Å². The van der Waals surface area contributed by atoms with Crippen LogP contribution in [0, 0.1) is 0 Å². The number of halogens is 2. The molecule has 0 aliphatic carbocycles. The molecule has 1 atom stereocenters. The topological polar surface area (TPSA) is 49.4 Å². The van der Waals surface area contributed by atoms with Crippen molar-refractivity contribution in [1.29, 1.82) is 0 Å². The third-order valence-electron chi connectivity index (χ3n) is 3.43. The molecule has 0 aliphatic heterocycles. The molecule has 1 aromatic rings. The normalized spacial score (nSPS) is 11.9. The molecule has 0 saturated heterocycles. The third-order valence-corrected chi connectivity index (χ3v) is 4.17. The quantitative estimate of drug-likeness (QED) is 0.820. The smallest absolute Gasteiger partial charge is 0.242 e. The Morgan fingerprint density at radius 1 is 1.23 bits per heavy atom. The van der Waals surface area contributed by atoms with E-state index < -0.39 is 6.04 Å². The molecule has 0 saturated carbocycles. The van der Waals surface area contributed by atoms with Crippen molar-refractivity contribution in [3.63, 3.8) is 0 Å². The van der Waals surface area contributed by atoms with E-state index in [0.29, 0.717) is 29.4 Å². The van der Waals surface area contributed by atoms with Crippen LogP contribution in [0.2, 0.25) is 10.0 Å². The van der Waals surface area contributed by atoms with Crippen molar-refractivity contribution in [3.8, 4) is 0 Å². The van der Waals surface area contributed by atoms with E-state index in [2.05, 4.69) is 5.32 Å². The Balaban J connectivity index is 3.05. The average Bonchev–Trinajstić information content (AvgIpc) is 2.50. The Hall–Kier alpha value is -1.26. The largest absolute Gasteiger partial charge is 0.357 e. The van der Waals surface area contributed by atoms with Gasteiger partial charge in [-0.15, -0.1) is 0 Å². The first-order chi connectivity index (χ1) is 10.4. The van der Waals surface area contributed by atoms with Crippen molar-refractivity contribution in [3.05, 3.63) is 33.8 Å². The van der Waals surface area contributed by atoms with E-state index in [1.807, 2.05) is 19.9 Å². The molecule has 6 heteroatoms. The molecule has 122 valence electrons. The summed E-state index contributed by atoms with van der Waals surface area (Å²) in [5, 5.41) is 3.53. The molecule has 1 aromatic carbocycles. The van der Waals surface area contributed by atoms with Crippen LogP contribution in [0.1, 0.15) is 38.7 Å². The van der Waals surface area contributed by atoms with Crippen LogP contribution in [0.5, 0.6) is 0 Å². The number of carbonyl (C=O) groups is 2. The maximum absolute atomic E-state index is 12.4. The molecule has 4 nitrogen and oxygen atoms in total. The number of rotatable bonds is 7. The van der Waals surface area contributed by atoms with Gasteiger partial charge >= 0.3 is 0 Å². The molecule has 0 aliphatic rings. The van der Waals surface area contributed by atoms with Crippen molar-refractivity contribution in [2.45, 2.75) is 45.7 Å². The van der Waals surface area contributed by atoms with Crippen LogP contribution >= 0.6 is 23.2 Å². The van der Waals surface area contributed by atoms with Crippen LogP contribution in [0.25, 0.3) is 0 Å². The van der Waals surface area contributed by atoms with Crippen LogP contribution in [-0.2, 0) is 16.1 Å². The summed E-state index contributed by atoms with van der Waals surface area (Å²) in [7, 11) is 1.58. The number of hydrogen-bond acceptors (Lipinski definition) is 2. The van der Waals surface area contributed by atoms with Gasteiger partial charge in [0, 0.05) is 20.0 Å². The summed E-state index contributed by atoms with van der Waals surface area (Å²) in [5.74, 6) is -0.198. The number of nitrogens with one attached hydrogen (secondary N) is 1. The van der Waals surface area contributed by atoms with E-state index in [9.17, 15) is 9.59 Å². The fourth-order valence-electron chi connectivity index (χ4n) is 2.28. The van der Waals surface area contributed by atoms with Gasteiger partial charge in [0.25, 0.3) is 0 Å². The Bertz CT molecular complexity index is 535. The fourth-order valence-corrected chi connectivity index (χ4v) is 2.60. The highest BCUT2D eigenvalue weighted by Crippen LogP contribution is 2.24. The minimum Gasteiger partial charge on any atom is -0.357 e. The number of amides is 2. The molecule has 2 amide bonds. The highest BCUT2D eigenvalue weighted by atomic mass is 35.5. The molecule has 0 radical (unpaired) electrons. The summed E-state index contributed by atoms with van der Waals surface area (Å²) in [6, 6.07) is 4.75. The summed E-state index contributed by atoms with van der Waals surface area (Å²) in [4.78, 5) is 26.1. The zero-order chi connectivity index (χ0) is 16.7. The highest BCUT2D eigenvalue weighted by molar-refractivity contribution is 6.42. The zero-order valence-electron chi connectivity index (χ0n) is 13.2. The number of benzene rings is 1. The molecule has 0 fully saturated rings. The van der Waals surface area contributed by atoms with Gasteiger partial charge in [0.2, 0.25) is 11.8 Å². The third kappa shape index (κ3) is 4.89. The van der Waals surface area contributed by atoms with Crippen LogP contribution < -0.4 is 5.32 Å². The lowest BCUT2D eigenvalue weighted by atomic mass is 10.1. The molecular formula is C16H22Cl2N2O2. The minimum absolute atomic E-state index is 0.0379. The Morgan fingerprint density at radius 2 is 1.91 bits per heavy atom. The molecular weight excluding hydrogens is 323 g/mol. The Kier molecular flexibility index (Phi) is 7.69. The summed E-state index contributed by atoms with van der Waals surface area (Å²) in [5.41, 5.74) is 0.848. The van der Waals surface area contributed by atoms with Gasteiger partial charge in [-0.25, -0.2) is 0 Å². The number of carbonyl (C=O) groups excluding carboxylic acids is 2. The van der Waals surface area contributed by atoms with Gasteiger partial charge in [0.15, 0.2) is 0 Å². The minimum atomic E-state index is -0.487. The average molecular weight is 345 g/mol. The molecule has 22 heavy (non-hydrogen) atoms. The van der Waals surface area contributed by atoms with Crippen LogP contribution in [0.4, 0.5) is 0 Å². The molecule has 0 bridgehead atoms. The lowest BCUT2D eigenvalue weighted by molar-refractivity contribution is -0.141. The van der Waals surface area contributed by atoms with Crippen LogP contribution in [-0.4, -0.2) is 29.8 Å². The van der Waals surface area contributed by atoms with Gasteiger partial charge in [-0.2, -0.15) is 0 Å². The maximum atomic E-state index is 12.4. The van der Waals surface area contributed by atoms with Gasteiger partial charge in [-0.05, 0) is 30.5 Å². The highest BCUT2D eigenvalue weighted by Gasteiger charge is 2.27. The van der Waals surface area contributed by atoms with Crippen molar-refractivity contribution < 1.29 is 9.59 Å². The van der Waals surface area contributed by atoms with Crippen LogP contribution in [0.3, 0.4) is 0 Å². The summed E-state index contributed by atoms with van der Waals surface area (Å²) >= 11 is 11.9. The molecule has 0 aromatic heterocycles. The van der Waals surface area contributed by atoms with Gasteiger partial charge < -0.3 is 10.2 Å².